The molecule has 0 aliphatic carbocycles. The fraction of sp³-hybridized carbons (Fsp3) is 0. The average molecular weight is 613 g/mol. The molecule has 4 heterocycles. The SMILES string of the molecule is c1cnc2cc(-c3cc4cc5cc(-c6ccc7cccnc7c6)c6ccc7ccoc7c6c5cc4c4c3ccc3ccoc34)ccc2c1. The fourth-order valence-corrected chi connectivity index (χ4v) is 7.77. The van der Waals surface area contributed by atoms with Crippen LogP contribution in [0.4, 0.5) is 0 Å². The van der Waals surface area contributed by atoms with Crippen molar-refractivity contribution in [3.05, 3.63) is 146 Å². The molecular formula is C44H24N2O2. The highest BCUT2D eigenvalue weighted by molar-refractivity contribution is 6.29. The Morgan fingerprint density at radius 3 is 1.40 bits per heavy atom. The van der Waals surface area contributed by atoms with Crippen LogP contribution in [-0.4, -0.2) is 9.97 Å². The lowest BCUT2D eigenvalue weighted by molar-refractivity contribution is 0.619. The van der Waals surface area contributed by atoms with Crippen molar-refractivity contribution >= 4 is 86.8 Å². The lowest BCUT2D eigenvalue weighted by Crippen LogP contribution is -1.90. The van der Waals surface area contributed by atoms with Crippen LogP contribution >= 0.6 is 0 Å². The van der Waals surface area contributed by atoms with Gasteiger partial charge in [0.05, 0.1) is 23.6 Å². The third-order valence-corrected chi connectivity index (χ3v) is 10.0. The van der Waals surface area contributed by atoms with Gasteiger partial charge in [-0.05, 0) is 115 Å². The maximum absolute atomic E-state index is 6.23. The molecule has 7 aromatic carbocycles. The minimum atomic E-state index is 0.894. The van der Waals surface area contributed by atoms with Crippen molar-refractivity contribution in [3.8, 4) is 22.3 Å². The number of hydrogen-bond acceptors (Lipinski definition) is 4. The van der Waals surface area contributed by atoms with E-state index in [9.17, 15) is 0 Å². The first-order chi connectivity index (χ1) is 23.8. The summed E-state index contributed by atoms with van der Waals surface area (Å²) in [5.41, 5.74) is 8.29. The predicted octanol–water partition coefficient (Wildman–Crippen LogP) is 12.2. The molecule has 0 fully saturated rings. The number of furan rings is 2. The Labute approximate surface area is 273 Å². The Balaban J connectivity index is 1.29. The van der Waals surface area contributed by atoms with Gasteiger partial charge in [-0.1, -0.05) is 60.7 Å². The molecule has 0 aliphatic rings. The Hall–Kier alpha value is -6.52. The largest absolute Gasteiger partial charge is 0.464 e. The normalized spacial score (nSPS) is 12.2. The average Bonchev–Trinajstić information content (AvgIpc) is 3.83. The second-order valence-corrected chi connectivity index (χ2v) is 12.6. The summed E-state index contributed by atoms with van der Waals surface area (Å²) in [5.74, 6) is 0. The van der Waals surface area contributed by atoms with E-state index in [0.29, 0.717) is 0 Å². The zero-order chi connectivity index (χ0) is 31.3. The highest BCUT2D eigenvalue weighted by Gasteiger charge is 2.19. The summed E-state index contributed by atoms with van der Waals surface area (Å²) in [6.45, 7) is 0. The van der Waals surface area contributed by atoms with Gasteiger partial charge in [0.2, 0.25) is 0 Å². The number of rotatable bonds is 2. The number of pyridine rings is 2. The van der Waals surface area contributed by atoms with Crippen LogP contribution in [0.3, 0.4) is 0 Å². The Kier molecular flexibility index (Phi) is 5.08. The molecule has 0 atom stereocenters. The third kappa shape index (κ3) is 3.60. The summed E-state index contributed by atoms with van der Waals surface area (Å²) in [6.07, 6.45) is 7.28. The van der Waals surface area contributed by atoms with E-state index in [4.69, 9.17) is 8.83 Å². The Bertz CT molecular complexity index is 2920. The van der Waals surface area contributed by atoms with Crippen molar-refractivity contribution in [2.45, 2.75) is 0 Å². The summed E-state index contributed by atoms with van der Waals surface area (Å²) >= 11 is 0. The quantitative estimate of drug-likeness (QED) is 0.144. The van der Waals surface area contributed by atoms with Gasteiger partial charge in [0.15, 0.2) is 0 Å². The van der Waals surface area contributed by atoms with Crippen LogP contribution in [0.2, 0.25) is 0 Å². The van der Waals surface area contributed by atoms with E-state index in [-0.39, 0.29) is 0 Å². The summed E-state index contributed by atoms with van der Waals surface area (Å²) < 4.78 is 12.5. The summed E-state index contributed by atoms with van der Waals surface area (Å²) in [4.78, 5) is 9.33. The highest BCUT2D eigenvalue weighted by Crippen LogP contribution is 2.45. The van der Waals surface area contributed by atoms with Crippen LogP contribution in [0.25, 0.3) is 109 Å². The van der Waals surface area contributed by atoms with Crippen molar-refractivity contribution in [1.82, 2.24) is 9.97 Å². The third-order valence-electron chi connectivity index (χ3n) is 10.0. The van der Waals surface area contributed by atoms with Gasteiger partial charge in [-0.25, -0.2) is 0 Å². The predicted molar refractivity (Wildman–Crippen MR) is 197 cm³/mol. The zero-order valence-electron chi connectivity index (χ0n) is 25.6. The molecule has 11 rings (SSSR count). The summed E-state index contributed by atoms with van der Waals surface area (Å²) in [7, 11) is 0. The minimum Gasteiger partial charge on any atom is -0.464 e. The van der Waals surface area contributed by atoms with E-state index in [1.165, 1.54) is 0 Å². The number of benzene rings is 7. The number of fused-ring (bicyclic) bond motifs is 12. The Morgan fingerprint density at radius 2 is 0.875 bits per heavy atom. The van der Waals surface area contributed by atoms with E-state index >= 15 is 0 Å². The van der Waals surface area contributed by atoms with Crippen LogP contribution in [-0.2, 0) is 0 Å². The number of hydrogen-bond donors (Lipinski definition) is 0. The first kappa shape index (κ1) is 25.6. The molecular weight excluding hydrogens is 588 g/mol. The number of nitrogens with zero attached hydrogens (tertiary/aromatic N) is 2. The molecule has 0 radical (unpaired) electrons. The summed E-state index contributed by atoms with van der Waals surface area (Å²) in [6, 6.07) is 43.5. The topological polar surface area (TPSA) is 52.1 Å². The molecule has 0 saturated carbocycles. The first-order valence-electron chi connectivity index (χ1n) is 16.1. The molecule has 222 valence electrons. The second-order valence-electron chi connectivity index (χ2n) is 12.6. The zero-order valence-corrected chi connectivity index (χ0v) is 25.6. The van der Waals surface area contributed by atoms with Crippen LogP contribution in [0.15, 0.2) is 155 Å². The molecule has 48 heavy (non-hydrogen) atoms. The number of aromatic nitrogens is 2. The van der Waals surface area contributed by atoms with Crippen molar-refractivity contribution in [1.29, 1.82) is 0 Å². The van der Waals surface area contributed by atoms with Gasteiger partial charge < -0.3 is 8.83 Å². The van der Waals surface area contributed by atoms with E-state index in [1.54, 1.807) is 12.5 Å². The van der Waals surface area contributed by atoms with Gasteiger partial charge in [-0.3, -0.25) is 9.97 Å². The van der Waals surface area contributed by atoms with Crippen molar-refractivity contribution in [3.63, 3.8) is 0 Å². The van der Waals surface area contributed by atoms with Gasteiger partial charge in [-0.2, -0.15) is 0 Å². The molecule has 4 nitrogen and oxygen atoms in total. The molecule has 0 saturated heterocycles. The maximum atomic E-state index is 6.23. The van der Waals surface area contributed by atoms with Gasteiger partial charge in [0.25, 0.3) is 0 Å². The standard InChI is InChI=1S/C44H24N2O2/c1-3-25-5-7-29(22-39(25)45-15-1)35-20-31-19-32-21-36(30-8-6-26-4-2-16-46-40(26)23-30)34-12-10-28-14-18-48-44(28)42(34)38(32)24-37(31)41-33(35)11-9-27-13-17-47-43(27)41/h1-24H. The van der Waals surface area contributed by atoms with Gasteiger partial charge in [-0.15, -0.1) is 0 Å². The van der Waals surface area contributed by atoms with Gasteiger partial charge >= 0.3 is 0 Å². The molecule has 11 aromatic rings. The van der Waals surface area contributed by atoms with Crippen LogP contribution in [0.1, 0.15) is 0 Å². The van der Waals surface area contributed by atoms with Crippen molar-refractivity contribution < 1.29 is 8.83 Å². The van der Waals surface area contributed by atoms with E-state index in [1.807, 2.05) is 36.7 Å². The second kappa shape index (κ2) is 9.50. The lowest BCUT2D eigenvalue weighted by atomic mass is 9.87. The first-order valence-corrected chi connectivity index (χ1v) is 16.1. The highest BCUT2D eigenvalue weighted by atomic mass is 16.3. The van der Waals surface area contributed by atoms with Crippen LogP contribution in [0, 0.1) is 0 Å². The Morgan fingerprint density at radius 1 is 0.375 bits per heavy atom. The summed E-state index contributed by atoms with van der Waals surface area (Å²) in [5, 5.41) is 13.5. The molecule has 0 aliphatic heterocycles. The molecule has 0 unspecified atom stereocenters. The lowest BCUT2D eigenvalue weighted by Gasteiger charge is -2.16. The molecule has 0 spiro atoms. The van der Waals surface area contributed by atoms with Crippen molar-refractivity contribution in [2.24, 2.45) is 0 Å². The van der Waals surface area contributed by atoms with Gasteiger partial charge in [0.1, 0.15) is 11.2 Å². The molecule has 0 N–H and O–H groups in total. The minimum absolute atomic E-state index is 0.894. The maximum Gasteiger partial charge on any atom is 0.142 e. The van der Waals surface area contributed by atoms with E-state index in [0.717, 1.165) is 109 Å². The van der Waals surface area contributed by atoms with Crippen LogP contribution < -0.4 is 0 Å². The fourth-order valence-electron chi connectivity index (χ4n) is 7.77. The van der Waals surface area contributed by atoms with Crippen molar-refractivity contribution in [2.75, 3.05) is 0 Å². The molecule has 4 heteroatoms. The molecule has 0 amide bonds. The smallest absolute Gasteiger partial charge is 0.142 e. The monoisotopic (exact) mass is 612 g/mol. The molecule has 0 bridgehead atoms. The molecule has 4 aromatic heterocycles. The van der Waals surface area contributed by atoms with Gasteiger partial charge in [0, 0.05) is 44.7 Å². The van der Waals surface area contributed by atoms with E-state index in [2.05, 4.69) is 107 Å². The van der Waals surface area contributed by atoms with Crippen LogP contribution in [0.5, 0.6) is 0 Å². The van der Waals surface area contributed by atoms with E-state index < -0.39 is 0 Å².